The molecule has 2 aliphatic rings. The number of H-pyrrole nitrogens is 1. The third-order valence-corrected chi connectivity index (χ3v) is 5.28. The van der Waals surface area contributed by atoms with Crippen LogP contribution < -0.4 is 10.0 Å². The van der Waals surface area contributed by atoms with Gasteiger partial charge in [-0.1, -0.05) is 0 Å². The molecular formula is C16H20N4O2. The van der Waals surface area contributed by atoms with E-state index in [2.05, 4.69) is 22.2 Å². The summed E-state index contributed by atoms with van der Waals surface area (Å²) in [7, 11) is 2.19. The van der Waals surface area contributed by atoms with E-state index in [1.165, 1.54) is 19.0 Å². The zero-order valence-electron chi connectivity index (χ0n) is 12.6. The van der Waals surface area contributed by atoms with Gasteiger partial charge in [0, 0.05) is 18.1 Å². The maximum atomic E-state index is 12.6. The number of piperidine rings is 1. The second kappa shape index (κ2) is 4.98. The Balaban J connectivity index is 1.54. The van der Waals surface area contributed by atoms with E-state index in [0.717, 1.165) is 17.6 Å². The van der Waals surface area contributed by atoms with Crippen molar-refractivity contribution < 1.29 is 9.52 Å². The monoisotopic (exact) mass is 300 g/mol. The fourth-order valence-corrected chi connectivity index (χ4v) is 4.05. The summed E-state index contributed by atoms with van der Waals surface area (Å²) < 4.78 is 0.752. The molecule has 0 spiro atoms. The molecule has 0 saturated carbocycles. The van der Waals surface area contributed by atoms with Gasteiger partial charge in [0.1, 0.15) is 6.20 Å². The van der Waals surface area contributed by atoms with E-state index in [9.17, 15) is 10.0 Å². The van der Waals surface area contributed by atoms with Crippen LogP contribution in [0.3, 0.4) is 0 Å². The van der Waals surface area contributed by atoms with Gasteiger partial charge in [-0.3, -0.25) is 4.79 Å². The SMILES string of the molecule is CN1C2CCC1CC(NC(=O)c1c[nH]c3c1ccc[n+]3[O-])C2. The maximum Gasteiger partial charge on any atom is 0.290 e. The Morgan fingerprint density at radius 2 is 2.14 bits per heavy atom. The molecule has 2 fully saturated rings. The zero-order valence-corrected chi connectivity index (χ0v) is 12.6. The molecule has 2 aromatic rings. The van der Waals surface area contributed by atoms with Gasteiger partial charge in [0.2, 0.25) is 0 Å². The quantitative estimate of drug-likeness (QED) is 0.645. The van der Waals surface area contributed by atoms with Gasteiger partial charge in [-0.15, -0.1) is 0 Å². The first-order valence-electron chi connectivity index (χ1n) is 7.85. The molecule has 4 heterocycles. The number of carbonyl (C=O) groups excluding carboxylic acids is 1. The van der Waals surface area contributed by atoms with Crippen LogP contribution in [0.5, 0.6) is 0 Å². The van der Waals surface area contributed by atoms with Crippen molar-refractivity contribution in [2.75, 3.05) is 7.05 Å². The van der Waals surface area contributed by atoms with Crippen molar-refractivity contribution in [2.24, 2.45) is 0 Å². The number of nitrogens with one attached hydrogen (secondary N) is 2. The molecule has 2 unspecified atom stereocenters. The number of hydrogen-bond acceptors (Lipinski definition) is 3. The fraction of sp³-hybridized carbons (Fsp3) is 0.500. The average molecular weight is 300 g/mol. The van der Waals surface area contributed by atoms with Crippen molar-refractivity contribution in [1.29, 1.82) is 0 Å². The normalized spacial score (nSPS) is 28.1. The number of amides is 1. The summed E-state index contributed by atoms with van der Waals surface area (Å²) in [4.78, 5) is 17.9. The van der Waals surface area contributed by atoms with Gasteiger partial charge in [-0.25, -0.2) is 9.71 Å². The van der Waals surface area contributed by atoms with E-state index in [-0.39, 0.29) is 11.9 Å². The van der Waals surface area contributed by atoms with E-state index in [4.69, 9.17) is 0 Å². The van der Waals surface area contributed by atoms with Crippen LogP contribution in [0.4, 0.5) is 0 Å². The highest BCUT2D eigenvalue weighted by Gasteiger charge is 2.39. The number of fused-ring (bicyclic) bond motifs is 3. The summed E-state index contributed by atoms with van der Waals surface area (Å²) in [5.41, 5.74) is 0.975. The molecule has 6 heteroatoms. The Hall–Kier alpha value is -2.08. The van der Waals surface area contributed by atoms with Crippen LogP contribution in [0.1, 0.15) is 36.0 Å². The lowest BCUT2D eigenvalue weighted by molar-refractivity contribution is -0.579. The Morgan fingerprint density at radius 1 is 1.41 bits per heavy atom. The van der Waals surface area contributed by atoms with Crippen LogP contribution in [-0.2, 0) is 0 Å². The van der Waals surface area contributed by atoms with E-state index >= 15 is 0 Å². The molecule has 22 heavy (non-hydrogen) atoms. The number of carbonyl (C=O) groups is 1. The minimum atomic E-state index is -0.0913. The van der Waals surface area contributed by atoms with E-state index in [1.54, 1.807) is 18.3 Å². The predicted molar refractivity (Wildman–Crippen MR) is 82.3 cm³/mol. The van der Waals surface area contributed by atoms with Gasteiger partial charge in [-0.2, -0.15) is 0 Å². The number of aromatic nitrogens is 2. The highest BCUT2D eigenvalue weighted by Crippen LogP contribution is 2.34. The van der Waals surface area contributed by atoms with Crippen LogP contribution in [-0.4, -0.2) is 41.0 Å². The fourth-order valence-electron chi connectivity index (χ4n) is 4.05. The first-order chi connectivity index (χ1) is 10.6. The number of nitrogens with zero attached hydrogens (tertiary/aromatic N) is 2. The first-order valence-corrected chi connectivity index (χ1v) is 7.85. The second-order valence-corrected chi connectivity index (χ2v) is 6.49. The second-order valence-electron chi connectivity index (χ2n) is 6.49. The molecule has 1 amide bonds. The average Bonchev–Trinajstić information content (AvgIpc) is 2.99. The van der Waals surface area contributed by atoms with Crippen LogP contribution >= 0.6 is 0 Å². The molecule has 6 nitrogen and oxygen atoms in total. The topological polar surface area (TPSA) is 75.1 Å². The standard InChI is InChI=1S/C16H20N4O2/c1-19-11-4-5-12(19)8-10(7-11)18-16(21)14-9-17-15-13(14)3-2-6-20(15)22/h2-3,6,9-12,17H,4-5,7-8H2,1H3,(H,18,21). The van der Waals surface area contributed by atoms with Gasteiger partial charge < -0.3 is 15.4 Å². The molecule has 2 aliphatic heterocycles. The molecule has 2 saturated heterocycles. The van der Waals surface area contributed by atoms with Gasteiger partial charge in [-0.05, 0) is 44.9 Å². The maximum absolute atomic E-state index is 12.6. The van der Waals surface area contributed by atoms with E-state index in [1.807, 2.05) is 0 Å². The lowest BCUT2D eigenvalue weighted by atomic mass is 9.97. The van der Waals surface area contributed by atoms with Crippen molar-refractivity contribution in [3.63, 3.8) is 0 Å². The summed E-state index contributed by atoms with van der Waals surface area (Å²) in [5.74, 6) is -0.0913. The Bertz CT molecular complexity index is 712. The molecule has 2 bridgehead atoms. The van der Waals surface area contributed by atoms with Gasteiger partial charge in [0.25, 0.3) is 11.6 Å². The van der Waals surface area contributed by atoms with Crippen molar-refractivity contribution in [3.05, 3.63) is 35.3 Å². The minimum absolute atomic E-state index is 0.0913. The number of hydrogen-bond donors (Lipinski definition) is 2. The highest BCUT2D eigenvalue weighted by molar-refractivity contribution is 6.05. The predicted octanol–water partition coefficient (Wildman–Crippen LogP) is 1.16. The lowest BCUT2D eigenvalue weighted by Crippen LogP contribution is -2.48. The molecule has 4 rings (SSSR count). The summed E-state index contributed by atoms with van der Waals surface area (Å²) in [6.45, 7) is 0. The van der Waals surface area contributed by atoms with Crippen molar-refractivity contribution in [2.45, 2.75) is 43.8 Å². The molecule has 2 aromatic heterocycles. The van der Waals surface area contributed by atoms with Crippen LogP contribution in [0, 0.1) is 5.21 Å². The molecule has 0 aromatic carbocycles. The molecule has 0 radical (unpaired) electrons. The van der Waals surface area contributed by atoms with Crippen LogP contribution in [0.2, 0.25) is 0 Å². The first kappa shape index (κ1) is 13.6. The Labute approximate surface area is 128 Å². The van der Waals surface area contributed by atoms with E-state index in [0.29, 0.717) is 28.7 Å². The number of pyridine rings is 1. The summed E-state index contributed by atoms with van der Waals surface area (Å²) in [6.07, 6.45) is 7.55. The van der Waals surface area contributed by atoms with Crippen LogP contribution in [0.25, 0.3) is 11.0 Å². The number of aromatic amines is 1. The van der Waals surface area contributed by atoms with Gasteiger partial charge >= 0.3 is 0 Å². The van der Waals surface area contributed by atoms with Crippen LogP contribution in [0.15, 0.2) is 24.5 Å². The molecular weight excluding hydrogens is 280 g/mol. The zero-order chi connectivity index (χ0) is 15.3. The smallest absolute Gasteiger partial charge is 0.290 e. The van der Waals surface area contributed by atoms with Crippen molar-refractivity contribution in [1.82, 2.24) is 15.2 Å². The molecule has 2 atom stereocenters. The molecule has 116 valence electrons. The van der Waals surface area contributed by atoms with Gasteiger partial charge in [0.15, 0.2) is 0 Å². The van der Waals surface area contributed by atoms with Gasteiger partial charge in [0.05, 0.1) is 17.1 Å². The summed E-state index contributed by atoms with van der Waals surface area (Å²) >= 11 is 0. The summed E-state index contributed by atoms with van der Waals surface area (Å²) in [5, 5.41) is 15.5. The minimum Gasteiger partial charge on any atom is -0.711 e. The van der Waals surface area contributed by atoms with E-state index < -0.39 is 0 Å². The Kier molecular flexibility index (Phi) is 3.07. The van der Waals surface area contributed by atoms with Crippen molar-refractivity contribution in [3.8, 4) is 0 Å². The molecule has 0 aliphatic carbocycles. The summed E-state index contributed by atoms with van der Waals surface area (Å²) in [6, 6.07) is 4.88. The molecule has 2 N–H and O–H groups in total. The van der Waals surface area contributed by atoms with Crippen molar-refractivity contribution >= 4 is 16.9 Å². The number of rotatable bonds is 2. The Morgan fingerprint density at radius 3 is 2.86 bits per heavy atom. The third kappa shape index (κ3) is 2.06. The highest BCUT2D eigenvalue weighted by atomic mass is 16.5. The lowest BCUT2D eigenvalue weighted by Gasteiger charge is -2.36. The third-order valence-electron chi connectivity index (χ3n) is 5.28. The largest absolute Gasteiger partial charge is 0.711 e.